The first-order valence-corrected chi connectivity index (χ1v) is 12.9. The third-order valence-electron chi connectivity index (χ3n) is 6.63. The van der Waals surface area contributed by atoms with Crippen molar-refractivity contribution in [3.05, 3.63) is 65.0 Å². The van der Waals surface area contributed by atoms with Crippen LogP contribution in [0.3, 0.4) is 0 Å². The minimum absolute atomic E-state index is 0.0944. The molecule has 1 saturated heterocycles. The molecule has 1 saturated carbocycles. The van der Waals surface area contributed by atoms with Gasteiger partial charge in [0.2, 0.25) is 0 Å². The van der Waals surface area contributed by atoms with Gasteiger partial charge in [-0.25, -0.2) is 4.39 Å². The fourth-order valence-electron chi connectivity index (χ4n) is 4.62. The predicted molar refractivity (Wildman–Crippen MR) is 130 cm³/mol. The largest absolute Gasteiger partial charge is 0.493 e. The normalized spacial score (nSPS) is 18.2. The number of hydrogen-bond acceptors (Lipinski definition) is 5. The van der Waals surface area contributed by atoms with E-state index in [0.717, 1.165) is 44.3 Å². The summed E-state index contributed by atoms with van der Waals surface area (Å²) in [5, 5.41) is 0. The zero-order valence-corrected chi connectivity index (χ0v) is 20.2. The summed E-state index contributed by atoms with van der Waals surface area (Å²) in [7, 11) is 1.75. The highest BCUT2D eigenvalue weighted by atomic mass is 32.2. The van der Waals surface area contributed by atoms with Gasteiger partial charge in [0.15, 0.2) is 0 Å². The van der Waals surface area contributed by atoms with Gasteiger partial charge in [-0.05, 0) is 67.8 Å². The summed E-state index contributed by atoms with van der Waals surface area (Å²) in [6, 6.07) is 13.9. The van der Waals surface area contributed by atoms with Crippen molar-refractivity contribution in [3.63, 3.8) is 0 Å². The maximum absolute atomic E-state index is 14.7. The van der Waals surface area contributed by atoms with Crippen molar-refractivity contribution < 1.29 is 18.7 Å². The number of carbonyl (C=O) groups excluding carboxylic acids is 1. The van der Waals surface area contributed by atoms with Gasteiger partial charge in [0.1, 0.15) is 11.6 Å². The Kier molecular flexibility index (Phi) is 8.28. The van der Waals surface area contributed by atoms with Crippen LogP contribution in [0.15, 0.2) is 42.5 Å². The molecule has 33 heavy (non-hydrogen) atoms. The highest BCUT2D eigenvalue weighted by Gasteiger charge is 2.31. The van der Waals surface area contributed by atoms with Crippen LogP contribution in [0.25, 0.3) is 0 Å². The molecule has 1 amide bonds. The lowest BCUT2D eigenvalue weighted by molar-refractivity contribution is 0.0556. The number of benzene rings is 2. The molecule has 4 rings (SSSR count). The monoisotopic (exact) mass is 472 g/mol. The van der Waals surface area contributed by atoms with Crippen molar-refractivity contribution in [2.45, 2.75) is 37.6 Å². The second-order valence-corrected chi connectivity index (χ2v) is 9.56. The fraction of sp³-hybridized carbons (Fsp3) is 0.500. The maximum Gasteiger partial charge on any atom is 0.264 e. The molecule has 2 fully saturated rings. The van der Waals surface area contributed by atoms with E-state index in [0.29, 0.717) is 30.8 Å². The molecule has 1 N–H and O–H groups in total. The van der Waals surface area contributed by atoms with E-state index in [1.54, 1.807) is 19.4 Å². The summed E-state index contributed by atoms with van der Waals surface area (Å²) in [5.41, 5.74) is 2.34. The van der Waals surface area contributed by atoms with Crippen LogP contribution >= 0.6 is 11.9 Å². The van der Waals surface area contributed by atoms with E-state index in [2.05, 4.69) is 33.9 Å². The number of halogens is 1. The van der Waals surface area contributed by atoms with Crippen molar-refractivity contribution in [1.29, 1.82) is 0 Å². The highest BCUT2D eigenvalue weighted by Crippen LogP contribution is 2.45. The topological polar surface area (TPSA) is 50.8 Å². The van der Waals surface area contributed by atoms with E-state index in [4.69, 9.17) is 9.47 Å². The minimum Gasteiger partial charge on any atom is -0.493 e. The standard InChI is InChI=1S/C26H33FN2O3S/c1-31-17-24(20-6-4-3-5-7-20)29-12-10-18(11-13-29)16-32-25-15-23(27)22(26(30)28-33-2)14-21(25)19-8-9-19/h3-7,14-15,18-19,24H,8-13,16-17H2,1-2H3,(H,28,30). The first-order valence-electron chi connectivity index (χ1n) is 11.7. The lowest BCUT2D eigenvalue weighted by Crippen LogP contribution is -2.39. The Bertz CT molecular complexity index is 931. The average Bonchev–Trinajstić information content (AvgIpc) is 3.68. The molecule has 0 aromatic heterocycles. The van der Waals surface area contributed by atoms with Gasteiger partial charge in [-0.15, -0.1) is 0 Å². The van der Waals surface area contributed by atoms with Crippen molar-refractivity contribution in [2.24, 2.45) is 5.92 Å². The van der Waals surface area contributed by atoms with Crippen molar-refractivity contribution in [3.8, 4) is 5.75 Å². The molecule has 7 heteroatoms. The van der Waals surface area contributed by atoms with E-state index in [1.165, 1.54) is 23.6 Å². The van der Waals surface area contributed by atoms with Crippen LogP contribution in [0.2, 0.25) is 0 Å². The fourth-order valence-corrected chi connectivity index (χ4v) is 4.91. The van der Waals surface area contributed by atoms with Gasteiger partial charge >= 0.3 is 0 Å². The predicted octanol–water partition coefficient (Wildman–Crippen LogP) is 5.19. The molecule has 2 aromatic carbocycles. The molecule has 1 atom stereocenters. The summed E-state index contributed by atoms with van der Waals surface area (Å²) in [5.74, 6) is 0.462. The van der Waals surface area contributed by atoms with Crippen LogP contribution in [0.4, 0.5) is 4.39 Å². The van der Waals surface area contributed by atoms with Crippen LogP contribution in [-0.2, 0) is 4.74 Å². The van der Waals surface area contributed by atoms with Crippen molar-refractivity contribution in [1.82, 2.24) is 9.62 Å². The molecule has 5 nitrogen and oxygen atoms in total. The molecule has 1 aliphatic heterocycles. The van der Waals surface area contributed by atoms with E-state index in [1.807, 2.05) is 6.07 Å². The first-order chi connectivity index (χ1) is 16.1. The van der Waals surface area contributed by atoms with Crippen molar-refractivity contribution in [2.75, 3.05) is 39.7 Å². The Balaban J connectivity index is 1.37. The van der Waals surface area contributed by atoms with Gasteiger partial charge in [0.05, 0.1) is 24.8 Å². The van der Waals surface area contributed by atoms with Gasteiger partial charge in [-0.1, -0.05) is 42.3 Å². The number of hydrogen-bond donors (Lipinski definition) is 1. The third-order valence-corrected chi connectivity index (χ3v) is 7.02. The molecule has 2 aromatic rings. The van der Waals surface area contributed by atoms with Gasteiger partial charge in [-0.3, -0.25) is 14.4 Å². The average molecular weight is 473 g/mol. The van der Waals surface area contributed by atoms with Gasteiger partial charge < -0.3 is 9.47 Å². The minimum atomic E-state index is -0.527. The summed E-state index contributed by atoms with van der Waals surface area (Å²) in [6.45, 7) is 3.21. The number of amides is 1. The zero-order chi connectivity index (χ0) is 23.2. The van der Waals surface area contributed by atoms with Crippen molar-refractivity contribution >= 4 is 17.9 Å². The molecule has 1 unspecified atom stereocenters. The maximum atomic E-state index is 14.7. The Labute approximate surface area is 200 Å². The van der Waals surface area contributed by atoms with Gasteiger partial charge in [0.25, 0.3) is 5.91 Å². The summed E-state index contributed by atoms with van der Waals surface area (Å²) >= 11 is 1.17. The number of rotatable bonds is 10. The number of piperidine rings is 1. The molecule has 1 aliphatic carbocycles. The molecule has 0 spiro atoms. The zero-order valence-electron chi connectivity index (χ0n) is 19.4. The molecule has 0 radical (unpaired) electrons. The highest BCUT2D eigenvalue weighted by molar-refractivity contribution is 7.97. The third kappa shape index (κ3) is 6.08. The first kappa shape index (κ1) is 24.0. The molecule has 2 aliphatic rings. The van der Waals surface area contributed by atoms with Crippen LogP contribution in [0, 0.1) is 11.7 Å². The van der Waals surface area contributed by atoms with Crippen LogP contribution < -0.4 is 9.46 Å². The summed E-state index contributed by atoms with van der Waals surface area (Å²) in [6.07, 6.45) is 5.93. The second-order valence-electron chi connectivity index (χ2n) is 8.95. The van der Waals surface area contributed by atoms with Crippen LogP contribution in [0.1, 0.15) is 59.1 Å². The van der Waals surface area contributed by atoms with E-state index in [-0.39, 0.29) is 11.6 Å². The lowest BCUT2D eigenvalue weighted by atomic mass is 9.95. The SMILES string of the molecule is COCC(c1ccccc1)N1CCC(COc2cc(F)c(C(=O)NSC)cc2C2CC2)CC1. The number of nitrogens with one attached hydrogen (secondary N) is 1. The lowest BCUT2D eigenvalue weighted by Gasteiger charge is -2.37. The molecular formula is C26H33FN2O3S. The number of methoxy groups -OCH3 is 1. The summed E-state index contributed by atoms with van der Waals surface area (Å²) < 4.78 is 28.9. The molecular weight excluding hydrogens is 439 g/mol. The quantitative estimate of drug-likeness (QED) is 0.483. The van der Waals surface area contributed by atoms with Crippen LogP contribution in [-0.4, -0.2) is 50.5 Å². The Hall–Kier alpha value is -2.09. The van der Waals surface area contributed by atoms with Gasteiger partial charge in [0, 0.05) is 19.4 Å². The Morgan fingerprint density at radius 3 is 2.55 bits per heavy atom. The Morgan fingerprint density at radius 2 is 1.91 bits per heavy atom. The second kappa shape index (κ2) is 11.4. The Morgan fingerprint density at radius 1 is 1.18 bits per heavy atom. The number of nitrogens with zero attached hydrogens (tertiary/aromatic N) is 1. The molecule has 178 valence electrons. The number of carbonyl (C=O) groups is 1. The summed E-state index contributed by atoms with van der Waals surface area (Å²) in [4.78, 5) is 14.7. The van der Waals surface area contributed by atoms with E-state index in [9.17, 15) is 9.18 Å². The van der Waals surface area contributed by atoms with E-state index < -0.39 is 11.7 Å². The van der Waals surface area contributed by atoms with E-state index >= 15 is 0 Å². The molecule has 1 heterocycles. The molecule has 0 bridgehead atoms. The van der Waals surface area contributed by atoms with Crippen LogP contribution in [0.5, 0.6) is 5.75 Å². The number of ether oxygens (including phenoxy) is 2. The number of likely N-dealkylation sites (tertiary alicyclic amines) is 1. The van der Waals surface area contributed by atoms with Gasteiger partial charge in [-0.2, -0.15) is 0 Å². The smallest absolute Gasteiger partial charge is 0.264 e.